The maximum Gasteiger partial charge on any atom is 0.338 e. The molecule has 0 saturated carbocycles. The number of rotatable bonds is 1. The van der Waals surface area contributed by atoms with Gasteiger partial charge in [-0.25, -0.2) is 4.79 Å². The first-order valence-corrected chi connectivity index (χ1v) is 5.16. The lowest BCUT2D eigenvalue weighted by Gasteiger charge is -2.03. The first kappa shape index (κ1) is 10.0. The zero-order chi connectivity index (χ0) is 9.30. The third kappa shape index (κ3) is 2.00. The molecule has 0 amide bonds. The average molecular weight is 389 g/mol. The van der Waals surface area contributed by atoms with Gasteiger partial charge in [-0.3, -0.25) is 0 Å². The van der Waals surface area contributed by atoms with E-state index in [1.807, 2.05) is 22.6 Å². The van der Waals surface area contributed by atoms with Crippen molar-refractivity contribution < 1.29 is 9.90 Å². The van der Waals surface area contributed by atoms with E-state index in [0.717, 1.165) is 3.57 Å². The molecule has 0 fully saturated rings. The number of halogens is 2. The van der Waals surface area contributed by atoms with Crippen molar-refractivity contribution in [2.24, 2.45) is 0 Å². The second-order valence-corrected chi connectivity index (χ2v) is 4.56. The van der Waals surface area contributed by atoms with Crippen LogP contribution >= 0.6 is 45.2 Å². The number of hydrogen-bond acceptors (Lipinski definition) is 2. The Labute approximate surface area is 96.6 Å². The second-order valence-electron chi connectivity index (χ2n) is 2.16. The van der Waals surface area contributed by atoms with Crippen molar-refractivity contribution in [3.05, 3.63) is 24.8 Å². The summed E-state index contributed by atoms with van der Waals surface area (Å²) in [5.41, 5.74) is 6.04. The quantitative estimate of drug-likeness (QED) is 0.572. The molecule has 0 heterocycles. The number of carboxylic acid groups (broad SMARTS) is 1. The molecule has 0 aliphatic heterocycles. The number of benzene rings is 1. The van der Waals surface area contributed by atoms with E-state index in [1.54, 1.807) is 12.1 Å². The fraction of sp³-hybridized carbons (Fsp3) is 0. The average Bonchev–Trinajstić information content (AvgIpc) is 1.82. The van der Waals surface area contributed by atoms with Gasteiger partial charge in [0.25, 0.3) is 0 Å². The Bertz CT molecular complexity index is 315. The molecule has 0 unspecified atom stereocenters. The van der Waals surface area contributed by atoms with Gasteiger partial charge in [-0.15, -0.1) is 0 Å². The van der Waals surface area contributed by atoms with E-state index in [0.29, 0.717) is 9.26 Å². The van der Waals surface area contributed by atoms with Gasteiger partial charge in [0, 0.05) is 12.8 Å². The summed E-state index contributed by atoms with van der Waals surface area (Å²) in [4.78, 5) is 10.7. The molecule has 3 nitrogen and oxygen atoms in total. The molecule has 0 aromatic heterocycles. The number of aromatic carboxylic acids is 1. The van der Waals surface area contributed by atoms with Crippen LogP contribution in [0.25, 0.3) is 0 Å². The normalized spacial score (nSPS) is 9.83. The highest BCUT2D eigenvalue weighted by Gasteiger charge is 2.12. The first-order chi connectivity index (χ1) is 5.52. The van der Waals surface area contributed by atoms with Crippen LogP contribution in [-0.2, 0) is 0 Å². The van der Waals surface area contributed by atoms with Gasteiger partial charge in [0.15, 0.2) is 0 Å². The number of carboxylic acids is 1. The SMILES string of the molecule is Nc1cc(I)cc(I)c1C(=O)O. The van der Waals surface area contributed by atoms with Crippen LogP contribution in [0.1, 0.15) is 10.4 Å². The van der Waals surface area contributed by atoms with Crippen LogP contribution in [0.5, 0.6) is 0 Å². The third-order valence-electron chi connectivity index (χ3n) is 1.30. The number of anilines is 1. The minimum absolute atomic E-state index is 0.191. The Hall–Kier alpha value is -0.0500. The summed E-state index contributed by atoms with van der Waals surface area (Å²) < 4.78 is 1.61. The molecule has 0 aliphatic rings. The molecule has 1 rings (SSSR count). The highest BCUT2D eigenvalue weighted by atomic mass is 127. The summed E-state index contributed by atoms with van der Waals surface area (Å²) >= 11 is 4.05. The van der Waals surface area contributed by atoms with E-state index in [2.05, 4.69) is 22.6 Å². The smallest absolute Gasteiger partial charge is 0.338 e. The number of carbonyl (C=O) groups is 1. The highest BCUT2D eigenvalue weighted by Crippen LogP contribution is 2.22. The van der Waals surface area contributed by atoms with E-state index < -0.39 is 5.97 Å². The van der Waals surface area contributed by atoms with E-state index in [1.165, 1.54) is 0 Å². The molecule has 3 N–H and O–H groups in total. The zero-order valence-electron chi connectivity index (χ0n) is 5.84. The van der Waals surface area contributed by atoms with Crippen molar-refractivity contribution in [1.29, 1.82) is 0 Å². The van der Waals surface area contributed by atoms with Crippen LogP contribution in [-0.4, -0.2) is 11.1 Å². The monoisotopic (exact) mass is 389 g/mol. The molecule has 1 aromatic carbocycles. The third-order valence-corrected chi connectivity index (χ3v) is 2.77. The van der Waals surface area contributed by atoms with Crippen LogP contribution in [0.4, 0.5) is 5.69 Å². The molecular formula is C7H5I2NO2. The molecule has 0 bridgehead atoms. The molecule has 64 valence electrons. The highest BCUT2D eigenvalue weighted by molar-refractivity contribution is 14.1. The predicted molar refractivity (Wildman–Crippen MR) is 63.2 cm³/mol. The van der Waals surface area contributed by atoms with Crippen molar-refractivity contribution in [1.82, 2.24) is 0 Å². The number of nitrogens with two attached hydrogens (primary N) is 1. The van der Waals surface area contributed by atoms with Gasteiger partial charge in [-0.1, -0.05) is 0 Å². The Morgan fingerprint density at radius 2 is 2.00 bits per heavy atom. The molecule has 0 atom stereocenters. The molecule has 5 heteroatoms. The Morgan fingerprint density at radius 1 is 1.42 bits per heavy atom. The van der Waals surface area contributed by atoms with Gasteiger partial charge in [0.05, 0.1) is 5.56 Å². The topological polar surface area (TPSA) is 63.3 Å². The Kier molecular flexibility index (Phi) is 3.16. The van der Waals surface area contributed by atoms with E-state index in [9.17, 15) is 4.79 Å². The molecule has 0 aliphatic carbocycles. The summed E-state index contributed by atoms with van der Waals surface area (Å²) in [7, 11) is 0. The van der Waals surface area contributed by atoms with Gasteiger partial charge in [0.2, 0.25) is 0 Å². The molecular weight excluding hydrogens is 384 g/mol. The fourth-order valence-electron chi connectivity index (χ4n) is 0.819. The Morgan fingerprint density at radius 3 is 2.42 bits per heavy atom. The zero-order valence-corrected chi connectivity index (χ0v) is 10.2. The predicted octanol–water partition coefficient (Wildman–Crippen LogP) is 2.18. The largest absolute Gasteiger partial charge is 0.478 e. The molecule has 0 spiro atoms. The molecule has 12 heavy (non-hydrogen) atoms. The minimum Gasteiger partial charge on any atom is -0.478 e. The van der Waals surface area contributed by atoms with E-state index >= 15 is 0 Å². The lowest BCUT2D eigenvalue weighted by molar-refractivity contribution is 0.0697. The molecule has 1 aromatic rings. The van der Waals surface area contributed by atoms with E-state index in [4.69, 9.17) is 10.8 Å². The van der Waals surface area contributed by atoms with Crippen molar-refractivity contribution in [2.45, 2.75) is 0 Å². The van der Waals surface area contributed by atoms with Crippen molar-refractivity contribution in [2.75, 3.05) is 5.73 Å². The van der Waals surface area contributed by atoms with Crippen LogP contribution < -0.4 is 5.73 Å². The van der Waals surface area contributed by atoms with Crippen molar-refractivity contribution in [3.8, 4) is 0 Å². The summed E-state index contributed by atoms with van der Waals surface area (Å²) in [6, 6.07) is 3.42. The number of nitrogen functional groups attached to an aromatic ring is 1. The summed E-state index contributed by atoms with van der Waals surface area (Å²) in [5.74, 6) is -0.978. The maximum atomic E-state index is 10.7. The van der Waals surface area contributed by atoms with Gasteiger partial charge in [-0.05, 0) is 57.3 Å². The number of hydrogen-bond donors (Lipinski definition) is 2. The van der Waals surface area contributed by atoms with Gasteiger partial charge < -0.3 is 10.8 Å². The second kappa shape index (κ2) is 3.77. The first-order valence-electron chi connectivity index (χ1n) is 3.00. The van der Waals surface area contributed by atoms with Gasteiger partial charge >= 0.3 is 5.97 Å². The fourth-order valence-corrected chi connectivity index (χ4v) is 2.94. The standard InChI is InChI=1S/C7H5I2NO2/c8-3-1-4(9)6(7(11)12)5(10)2-3/h1-2H,10H2,(H,11,12). The summed E-state index contributed by atoms with van der Waals surface area (Å²) in [6.07, 6.45) is 0. The van der Waals surface area contributed by atoms with E-state index in [-0.39, 0.29) is 5.56 Å². The minimum atomic E-state index is -0.978. The summed E-state index contributed by atoms with van der Waals surface area (Å²) in [5, 5.41) is 8.75. The lowest BCUT2D eigenvalue weighted by atomic mass is 10.2. The van der Waals surface area contributed by atoms with Crippen LogP contribution in [0, 0.1) is 7.14 Å². The van der Waals surface area contributed by atoms with Crippen molar-refractivity contribution >= 4 is 56.8 Å². The van der Waals surface area contributed by atoms with Crippen LogP contribution in [0.15, 0.2) is 12.1 Å². The molecule has 0 saturated heterocycles. The van der Waals surface area contributed by atoms with Crippen LogP contribution in [0.3, 0.4) is 0 Å². The molecule has 0 radical (unpaired) electrons. The van der Waals surface area contributed by atoms with Crippen LogP contribution in [0.2, 0.25) is 0 Å². The lowest BCUT2D eigenvalue weighted by Crippen LogP contribution is -2.05. The van der Waals surface area contributed by atoms with Gasteiger partial charge in [0.1, 0.15) is 0 Å². The maximum absolute atomic E-state index is 10.7. The van der Waals surface area contributed by atoms with Gasteiger partial charge in [-0.2, -0.15) is 0 Å². The summed E-state index contributed by atoms with van der Waals surface area (Å²) in [6.45, 7) is 0. The Balaban J connectivity index is 3.38. The van der Waals surface area contributed by atoms with Crippen molar-refractivity contribution in [3.63, 3.8) is 0 Å².